The monoisotopic (exact) mass is 293 g/mol. The van der Waals surface area contributed by atoms with Gasteiger partial charge in [0.2, 0.25) is 0 Å². The molecule has 4 heteroatoms. The SMILES string of the molecule is CCC1CCCCC1Oc1cc(OC)cc(C(N)=S)c1. The molecule has 2 unspecified atom stereocenters. The summed E-state index contributed by atoms with van der Waals surface area (Å²) in [5, 5.41) is 0. The summed E-state index contributed by atoms with van der Waals surface area (Å²) in [6.07, 6.45) is 6.39. The number of thiocarbonyl (C=S) groups is 1. The van der Waals surface area contributed by atoms with Crippen LogP contribution < -0.4 is 15.2 Å². The fraction of sp³-hybridized carbons (Fsp3) is 0.562. The number of methoxy groups -OCH3 is 1. The van der Waals surface area contributed by atoms with Gasteiger partial charge in [0.25, 0.3) is 0 Å². The Kier molecular flexibility index (Phi) is 5.24. The van der Waals surface area contributed by atoms with Crippen LogP contribution in [0.4, 0.5) is 0 Å². The maximum absolute atomic E-state index is 6.20. The number of nitrogens with two attached hydrogens (primary N) is 1. The Morgan fingerprint density at radius 1 is 1.25 bits per heavy atom. The average Bonchev–Trinajstić information content (AvgIpc) is 2.47. The van der Waals surface area contributed by atoms with E-state index < -0.39 is 0 Å². The van der Waals surface area contributed by atoms with E-state index in [-0.39, 0.29) is 0 Å². The number of ether oxygens (including phenoxy) is 2. The van der Waals surface area contributed by atoms with Crippen molar-refractivity contribution in [1.29, 1.82) is 0 Å². The zero-order valence-corrected chi connectivity index (χ0v) is 13.0. The van der Waals surface area contributed by atoms with Crippen molar-refractivity contribution in [2.45, 2.75) is 45.1 Å². The van der Waals surface area contributed by atoms with E-state index in [9.17, 15) is 0 Å². The van der Waals surface area contributed by atoms with Crippen LogP contribution in [0.2, 0.25) is 0 Å². The van der Waals surface area contributed by atoms with Gasteiger partial charge in [0, 0.05) is 11.6 Å². The highest BCUT2D eigenvalue weighted by molar-refractivity contribution is 7.80. The van der Waals surface area contributed by atoms with E-state index in [0.717, 1.165) is 29.9 Å². The number of hydrogen-bond acceptors (Lipinski definition) is 3. The van der Waals surface area contributed by atoms with Gasteiger partial charge in [-0.25, -0.2) is 0 Å². The minimum atomic E-state index is 0.292. The molecule has 1 fully saturated rings. The molecule has 0 radical (unpaired) electrons. The standard InChI is InChI=1S/C16H23NO2S/c1-3-11-6-4-5-7-15(11)19-14-9-12(16(17)20)8-13(10-14)18-2/h8-11,15H,3-7H2,1-2H3,(H2,17,20). The van der Waals surface area contributed by atoms with Gasteiger partial charge >= 0.3 is 0 Å². The first-order valence-electron chi connectivity index (χ1n) is 7.29. The molecular formula is C16H23NO2S. The Labute approximate surface area is 126 Å². The quantitative estimate of drug-likeness (QED) is 0.841. The van der Waals surface area contributed by atoms with Crippen LogP contribution in [0.5, 0.6) is 11.5 Å². The molecule has 1 aliphatic rings. The van der Waals surface area contributed by atoms with Gasteiger partial charge in [-0.15, -0.1) is 0 Å². The lowest BCUT2D eigenvalue weighted by molar-refractivity contribution is 0.0901. The topological polar surface area (TPSA) is 44.5 Å². The zero-order chi connectivity index (χ0) is 14.5. The molecule has 1 aromatic rings. The molecule has 0 amide bonds. The van der Waals surface area contributed by atoms with Gasteiger partial charge < -0.3 is 15.2 Å². The predicted octanol–water partition coefficient (Wildman–Crippen LogP) is 3.68. The summed E-state index contributed by atoms with van der Waals surface area (Å²) >= 11 is 5.05. The fourth-order valence-electron chi connectivity index (χ4n) is 2.87. The first-order chi connectivity index (χ1) is 9.63. The normalized spacial score (nSPS) is 22.3. The molecule has 0 heterocycles. The molecule has 2 atom stereocenters. The smallest absolute Gasteiger partial charge is 0.124 e. The van der Waals surface area contributed by atoms with Crippen LogP contribution in [-0.4, -0.2) is 18.2 Å². The lowest BCUT2D eigenvalue weighted by Crippen LogP contribution is -2.30. The van der Waals surface area contributed by atoms with E-state index in [1.807, 2.05) is 18.2 Å². The number of hydrogen-bond donors (Lipinski definition) is 1. The van der Waals surface area contributed by atoms with Crippen molar-refractivity contribution in [3.05, 3.63) is 23.8 Å². The summed E-state index contributed by atoms with van der Waals surface area (Å²) in [6.45, 7) is 2.23. The highest BCUT2D eigenvalue weighted by atomic mass is 32.1. The molecule has 2 rings (SSSR count). The van der Waals surface area contributed by atoms with Gasteiger partial charge in [-0.05, 0) is 43.7 Å². The second-order valence-corrected chi connectivity index (χ2v) is 5.81. The molecule has 20 heavy (non-hydrogen) atoms. The minimum absolute atomic E-state index is 0.292. The summed E-state index contributed by atoms with van der Waals surface area (Å²) < 4.78 is 11.5. The molecule has 0 aliphatic heterocycles. The van der Waals surface area contributed by atoms with Crippen molar-refractivity contribution in [2.75, 3.05) is 7.11 Å². The van der Waals surface area contributed by atoms with Crippen LogP contribution in [0, 0.1) is 5.92 Å². The van der Waals surface area contributed by atoms with E-state index in [0.29, 0.717) is 17.0 Å². The van der Waals surface area contributed by atoms with Crippen molar-refractivity contribution < 1.29 is 9.47 Å². The Morgan fingerprint density at radius 2 is 1.95 bits per heavy atom. The number of rotatable bonds is 5. The second-order valence-electron chi connectivity index (χ2n) is 5.37. The first-order valence-corrected chi connectivity index (χ1v) is 7.70. The molecule has 1 aromatic carbocycles. The van der Waals surface area contributed by atoms with Gasteiger partial charge in [-0.2, -0.15) is 0 Å². The Hall–Kier alpha value is -1.29. The molecule has 0 aromatic heterocycles. The first kappa shape index (κ1) is 15.1. The van der Waals surface area contributed by atoms with Gasteiger partial charge in [0.05, 0.1) is 7.11 Å². The lowest BCUT2D eigenvalue weighted by atomic mass is 9.85. The van der Waals surface area contributed by atoms with Crippen LogP contribution in [0.1, 0.15) is 44.6 Å². The van der Waals surface area contributed by atoms with E-state index in [4.69, 9.17) is 27.4 Å². The molecule has 1 aliphatic carbocycles. The second kappa shape index (κ2) is 6.93. The van der Waals surface area contributed by atoms with Crippen LogP contribution >= 0.6 is 12.2 Å². The molecule has 0 spiro atoms. The van der Waals surface area contributed by atoms with Crippen molar-refractivity contribution >= 4 is 17.2 Å². The third kappa shape index (κ3) is 3.63. The maximum atomic E-state index is 6.20. The van der Waals surface area contributed by atoms with Crippen molar-refractivity contribution in [2.24, 2.45) is 11.7 Å². The van der Waals surface area contributed by atoms with Gasteiger partial charge in [-0.1, -0.05) is 25.6 Å². The highest BCUT2D eigenvalue weighted by Crippen LogP contribution is 2.32. The molecule has 0 saturated heterocycles. The Balaban J connectivity index is 2.18. The summed E-state index contributed by atoms with van der Waals surface area (Å²) in [4.78, 5) is 0.365. The van der Waals surface area contributed by atoms with Crippen LogP contribution in [0.3, 0.4) is 0 Å². The molecule has 1 saturated carbocycles. The van der Waals surface area contributed by atoms with Gasteiger partial charge in [-0.3, -0.25) is 0 Å². The summed E-state index contributed by atoms with van der Waals surface area (Å²) in [5.41, 5.74) is 6.50. The Bertz CT molecular complexity index is 476. The van der Waals surface area contributed by atoms with Crippen LogP contribution in [-0.2, 0) is 0 Å². The fourth-order valence-corrected chi connectivity index (χ4v) is 2.99. The average molecular weight is 293 g/mol. The largest absolute Gasteiger partial charge is 0.497 e. The third-order valence-electron chi connectivity index (χ3n) is 4.05. The minimum Gasteiger partial charge on any atom is -0.497 e. The van der Waals surface area contributed by atoms with Gasteiger partial charge in [0.1, 0.15) is 22.6 Å². The molecule has 110 valence electrons. The lowest BCUT2D eigenvalue weighted by Gasteiger charge is -2.31. The molecular weight excluding hydrogens is 270 g/mol. The molecule has 0 bridgehead atoms. The summed E-state index contributed by atoms with van der Waals surface area (Å²) in [5.74, 6) is 2.18. The maximum Gasteiger partial charge on any atom is 0.124 e. The predicted molar refractivity (Wildman–Crippen MR) is 85.5 cm³/mol. The molecule has 2 N–H and O–H groups in total. The van der Waals surface area contributed by atoms with Crippen molar-refractivity contribution in [3.63, 3.8) is 0 Å². The van der Waals surface area contributed by atoms with E-state index in [2.05, 4.69) is 6.92 Å². The zero-order valence-electron chi connectivity index (χ0n) is 12.2. The summed E-state index contributed by atoms with van der Waals surface area (Å²) in [7, 11) is 1.64. The Morgan fingerprint density at radius 3 is 2.60 bits per heavy atom. The van der Waals surface area contributed by atoms with Crippen LogP contribution in [0.25, 0.3) is 0 Å². The van der Waals surface area contributed by atoms with Gasteiger partial charge in [0.15, 0.2) is 0 Å². The van der Waals surface area contributed by atoms with E-state index >= 15 is 0 Å². The highest BCUT2D eigenvalue weighted by Gasteiger charge is 2.25. The summed E-state index contributed by atoms with van der Waals surface area (Å²) in [6, 6.07) is 5.66. The van der Waals surface area contributed by atoms with Crippen molar-refractivity contribution in [1.82, 2.24) is 0 Å². The third-order valence-corrected chi connectivity index (χ3v) is 4.29. The van der Waals surface area contributed by atoms with E-state index in [1.165, 1.54) is 19.3 Å². The van der Waals surface area contributed by atoms with Crippen LogP contribution in [0.15, 0.2) is 18.2 Å². The number of benzene rings is 1. The van der Waals surface area contributed by atoms with E-state index in [1.54, 1.807) is 7.11 Å². The molecule has 3 nitrogen and oxygen atoms in total. The van der Waals surface area contributed by atoms with Crippen molar-refractivity contribution in [3.8, 4) is 11.5 Å².